The SMILES string of the molecule is CCCN1CCC2(CC1)CCN(Cc1ccc3c(ccn3C)c1)C[C@H]2CO. The fourth-order valence-corrected chi connectivity index (χ4v) is 5.46. The Morgan fingerprint density at radius 2 is 1.81 bits per heavy atom. The molecule has 2 aromatic rings. The van der Waals surface area contributed by atoms with Gasteiger partial charge >= 0.3 is 0 Å². The van der Waals surface area contributed by atoms with Crippen molar-refractivity contribution in [3.63, 3.8) is 0 Å². The van der Waals surface area contributed by atoms with Gasteiger partial charge in [-0.2, -0.15) is 0 Å². The normalized spacial score (nSPS) is 24.0. The maximum atomic E-state index is 10.2. The van der Waals surface area contributed by atoms with E-state index < -0.39 is 0 Å². The lowest BCUT2D eigenvalue weighted by Crippen LogP contribution is -2.53. The van der Waals surface area contributed by atoms with E-state index in [0.29, 0.717) is 17.9 Å². The molecule has 4 rings (SSSR count). The van der Waals surface area contributed by atoms with Crippen molar-refractivity contribution in [3.8, 4) is 0 Å². The van der Waals surface area contributed by atoms with Crippen LogP contribution in [-0.4, -0.2) is 58.8 Å². The van der Waals surface area contributed by atoms with E-state index in [0.717, 1.165) is 19.6 Å². The minimum Gasteiger partial charge on any atom is -0.396 e. The van der Waals surface area contributed by atoms with Gasteiger partial charge in [0.05, 0.1) is 0 Å². The molecule has 3 heterocycles. The summed E-state index contributed by atoms with van der Waals surface area (Å²) in [6.45, 7) is 9.47. The first-order chi connectivity index (χ1) is 13.1. The second-order valence-electron chi connectivity index (χ2n) is 8.89. The number of hydrogen-bond acceptors (Lipinski definition) is 3. The number of aliphatic hydroxyl groups excluding tert-OH is 1. The van der Waals surface area contributed by atoms with Gasteiger partial charge in [-0.05, 0) is 86.4 Å². The van der Waals surface area contributed by atoms with Crippen molar-refractivity contribution >= 4 is 10.9 Å². The highest BCUT2D eigenvalue weighted by Crippen LogP contribution is 2.45. The molecule has 2 fully saturated rings. The lowest BCUT2D eigenvalue weighted by atomic mass is 9.64. The Kier molecular flexibility index (Phi) is 5.58. The molecule has 2 saturated heterocycles. The maximum absolute atomic E-state index is 10.2. The molecular formula is C23H35N3O. The topological polar surface area (TPSA) is 31.6 Å². The molecule has 2 aliphatic rings. The van der Waals surface area contributed by atoms with Crippen LogP contribution in [0.3, 0.4) is 0 Å². The number of aromatic nitrogens is 1. The van der Waals surface area contributed by atoms with Gasteiger partial charge in [0.1, 0.15) is 0 Å². The highest BCUT2D eigenvalue weighted by molar-refractivity contribution is 5.80. The summed E-state index contributed by atoms with van der Waals surface area (Å²) in [6.07, 6.45) is 7.15. The number of aliphatic hydroxyl groups is 1. The minimum atomic E-state index is 0.335. The smallest absolute Gasteiger partial charge is 0.0477 e. The van der Waals surface area contributed by atoms with Gasteiger partial charge in [-0.1, -0.05) is 13.0 Å². The van der Waals surface area contributed by atoms with Crippen LogP contribution in [0.5, 0.6) is 0 Å². The predicted octanol–water partition coefficient (Wildman–Crippen LogP) is 3.48. The Hall–Kier alpha value is -1.36. The molecule has 0 bridgehead atoms. The molecule has 2 aliphatic heterocycles. The molecule has 0 radical (unpaired) electrons. The quantitative estimate of drug-likeness (QED) is 0.875. The number of rotatable bonds is 5. The van der Waals surface area contributed by atoms with E-state index in [9.17, 15) is 5.11 Å². The number of hydrogen-bond donors (Lipinski definition) is 1. The van der Waals surface area contributed by atoms with Crippen LogP contribution < -0.4 is 0 Å². The number of aryl methyl sites for hydroxylation is 1. The minimum absolute atomic E-state index is 0.335. The molecule has 1 aromatic heterocycles. The third-order valence-electron chi connectivity index (χ3n) is 7.24. The number of fused-ring (bicyclic) bond motifs is 1. The van der Waals surface area contributed by atoms with Crippen LogP contribution in [0.2, 0.25) is 0 Å². The Balaban J connectivity index is 1.40. The first kappa shape index (κ1) is 19.0. The van der Waals surface area contributed by atoms with Gasteiger partial charge in [-0.15, -0.1) is 0 Å². The number of benzene rings is 1. The van der Waals surface area contributed by atoms with E-state index >= 15 is 0 Å². The lowest BCUT2D eigenvalue weighted by molar-refractivity contribution is -0.0436. The van der Waals surface area contributed by atoms with Crippen molar-refractivity contribution < 1.29 is 5.11 Å². The van der Waals surface area contributed by atoms with E-state index in [1.54, 1.807) is 0 Å². The summed E-state index contributed by atoms with van der Waals surface area (Å²) >= 11 is 0. The van der Waals surface area contributed by atoms with Crippen LogP contribution in [0.1, 0.15) is 38.2 Å². The summed E-state index contributed by atoms with van der Waals surface area (Å²) in [7, 11) is 2.10. The third kappa shape index (κ3) is 3.80. The fourth-order valence-electron chi connectivity index (χ4n) is 5.46. The maximum Gasteiger partial charge on any atom is 0.0477 e. The van der Waals surface area contributed by atoms with Crippen LogP contribution in [-0.2, 0) is 13.6 Å². The van der Waals surface area contributed by atoms with Crippen LogP contribution in [0, 0.1) is 11.3 Å². The highest BCUT2D eigenvalue weighted by Gasteiger charge is 2.44. The molecule has 1 spiro atoms. The molecule has 0 saturated carbocycles. The van der Waals surface area contributed by atoms with Gasteiger partial charge in [0.2, 0.25) is 0 Å². The summed E-state index contributed by atoms with van der Waals surface area (Å²) in [6, 6.07) is 9.04. The molecule has 1 N–H and O–H groups in total. The summed E-state index contributed by atoms with van der Waals surface area (Å²) in [5, 5.41) is 11.5. The summed E-state index contributed by atoms with van der Waals surface area (Å²) in [5.74, 6) is 0.426. The van der Waals surface area contributed by atoms with Crippen LogP contribution in [0.4, 0.5) is 0 Å². The zero-order valence-corrected chi connectivity index (χ0v) is 17.0. The number of likely N-dealkylation sites (tertiary alicyclic amines) is 2. The molecule has 0 aliphatic carbocycles. The van der Waals surface area contributed by atoms with Crippen molar-refractivity contribution in [2.24, 2.45) is 18.4 Å². The van der Waals surface area contributed by atoms with Crippen LogP contribution in [0.25, 0.3) is 10.9 Å². The van der Waals surface area contributed by atoms with E-state index in [2.05, 4.69) is 58.8 Å². The number of nitrogens with zero attached hydrogens (tertiary/aromatic N) is 3. The summed E-state index contributed by atoms with van der Waals surface area (Å²) < 4.78 is 2.18. The van der Waals surface area contributed by atoms with E-state index in [-0.39, 0.29) is 0 Å². The molecule has 1 aromatic carbocycles. The van der Waals surface area contributed by atoms with Crippen molar-refractivity contribution in [1.82, 2.24) is 14.4 Å². The van der Waals surface area contributed by atoms with Gasteiger partial charge in [-0.3, -0.25) is 4.90 Å². The number of piperidine rings is 2. The lowest BCUT2D eigenvalue weighted by Gasteiger charge is -2.51. The molecule has 0 amide bonds. The second kappa shape index (κ2) is 7.94. The van der Waals surface area contributed by atoms with Gasteiger partial charge in [0, 0.05) is 44.4 Å². The van der Waals surface area contributed by atoms with Crippen LogP contribution in [0.15, 0.2) is 30.5 Å². The van der Waals surface area contributed by atoms with E-state index in [1.807, 2.05) is 0 Å². The molecular weight excluding hydrogens is 334 g/mol. The van der Waals surface area contributed by atoms with E-state index in [4.69, 9.17) is 0 Å². The molecule has 148 valence electrons. The molecule has 1 atom stereocenters. The largest absolute Gasteiger partial charge is 0.396 e. The average Bonchev–Trinajstić information content (AvgIpc) is 3.06. The Morgan fingerprint density at radius 3 is 2.52 bits per heavy atom. The molecule has 27 heavy (non-hydrogen) atoms. The van der Waals surface area contributed by atoms with Crippen molar-refractivity contribution in [2.75, 3.05) is 39.3 Å². The zero-order valence-electron chi connectivity index (χ0n) is 17.0. The molecule has 0 unspecified atom stereocenters. The van der Waals surface area contributed by atoms with Crippen molar-refractivity contribution in [1.29, 1.82) is 0 Å². The zero-order chi connectivity index (χ0) is 18.9. The van der Waals surface area contributed by atoms with Gasteiger partial charge in [0.25, 0.3) is 0 Å². The van der Waals surface area contributed by atoms with Crippen molar-refractivity contribution in [2.45, 2.75) is 39.2 Å². The summed E-state index contributed by atoms with van der Waals surface area (Å²) in [4.78, 5) is 5.18. The Bertz CT molecular complexity index is 760. The Labute approximate surface area is 163 Å². The van der Waals surface area contributed by atoms with Gasteiger partial charge in [0.15, 0.2) is 0 Å². The standard InChI is InChI=1S/C23H35N3O/c1-3-10-25-12-7-23(8-13-25)9-14-26(17-21(23)18-27)16-19-4-5-22-20(15-19)6-11-24(22)2/h4-6,11,15,21,27H,3,7-10,12-14,16-18H2,1-2H3/t21-/m0/s1. The first-order valence-corrected chi connectivity index (χ1v) is 10.7. The Morgan fingerprint density at radius 1 is 1.07 bits per heavy atom. The fraction of sp³-hybridized carbons (Fsp3) is 0.652. The first-order valence-electron chi connectivity index (χ1n) is 10.7. The predicted molar refractivity (Wildman–Crippen MR) is 112 cm³/mol. The van der Waals surface area contributed by atoms with Gasteiger partial charge in [-0.25, -0.2) is 0 Å². The third-order valence-corrected chi connectivity index (χ3v) is 7.24. The monoisotopic (exact) mass is 369 g/mol. The average molecular weight is 370 g/mol. The second-order valence-corrected chi connectivity index (χ2v) is 8.89. The molecule has 4 nitrogen and oxygen atoms in total. The summed E-state index contributed by atoms with van der Waals surface area (Å²) in [5.41, 5.74) is 3.06. The van der Waals surface area contributed by atoms with Gasteiger partial charge < -0.3 is 14.6 Å². The molecule has 4 heteroatoms. The van der Waals surface area contributed by atoms with Crippen LogP contribution >= 0.6 is 0 Å². The van der Waals surface area contributed by atoms with Crippen molar-refractivity contribution in [3.05, 3.63) is 36.0 Å². The highest BCUT2D eigenvalue weighted by atomic mass is 16.3. The van der Waals surface area contributed by atoms with E-state index in [1.165, 1.54) is 61.8 Å².